The largest absolute Gasteiger partial charge is 0.356 e. The van der Waals surface area contributed by atoms with Crippen LogP contribution in [0.4, 0.5) is 0 Å². The Morgan fingerprint density at radius 1 is 1.19 bits per heavy atom. The lowest BCUT2D eigenvalue weighted by Crippen LogP contribution is -2.26. The van der Waals surface area contributed by atoms with Crippen LogP contribution in [-0.4, -0.2) is 12.5 Å². The zero-order valence-corrected chi connectivity index (χ0v) is 11.1. The van der Waals surface area contributed by atoms with Gasteiger partial charge in [0.05, 0.1) is 0 Å². The summed E-state index contributed by atoms with van der Waals surface area (Å²) in [7, 11) is 0. The second kappa shape index (κ2) is 10.7. The maximum atomic E-state index is 11.3. The maximum Gasteiger partial charge on any atom is 0.223 e. The summed E-state index contributed by atoms with van der Waals surface area (Å²) in [5, 5.41) is 2.90. The normalized spacial score (nSPS) is 11.2. The van der Waals surface area contributed by atoms with Gasteiger partial charge in [-0.2, -0.15) is 0 Å². The van der Waals surface area contributed by atoms with E-state index < -0.39 is 0 Å². The maximum absolute atomic E-state index is 11.3. The third-order valence-corrected chi connectivity index (χ3v) is 2.40. The molecule has 0 fully saturated rings. The molecule has 16 heavy (non-hydrogen) atoms. The first kappa shape index (κ1) is 15.2. The fourth-order valence-electron chi connectivity index (χ4n) is 1.39. The number of hydrogen-bond donors (Lipinski definition) is 1. The molecule has 0 aliphatic rings. The average molecular weight is 225 g/mol. The highest BCUT2D eigenvalue weighted by atomic mass is 16.1. The van der Waals surface area contributed by atoms with Crippen LogP contribution in [0.15, 0.2) is 12.2 Å². The fourth-order valence-corrected chi connectivity index (χ4v) is 1.39. The number of unbranched alkanes of at least 4 members (excludes halogenated alkanes) is 4. The van der Waals surface area contributed by atoms with Crippen LogP contribution >= 0.6 is 0 Å². The summed E-state index contributed by atoms with van der Waals surface area (Å²) in [6.45, 7) is 7.20. The zero-order chi connectivity index (χ0) is 12.2. The number of carbonyl (C=O) groups is 1. The number of carbonyl (C=O) groups excluding carboxylic acids is 1. The Labute approximate surface area is 101 Å². The van der Waals surface area contributed by atoms with Gasteiger partial charge in [0.2, 0.25) is 5.91 Å². The van der Waals surface area contributed by atoms with Crippen molar-refractivity contribution < 1.29 is 4.79 Å². The zero-order valence-electron chi connectivity index (χ0n) is 11.1. The molecular formula is C14H27NO. The van der Waals surface area contributed by atoms with Crippen LogP contribution in [0.3, 0.4) is 0 Å². The smallest absolute Gasteiger partial charge is 0.223 e. The highest BCUT2D eigenvalue weighted by Gasteiger charge is 1.98. The lowest BCUT2D eigenvalue weighted by molar-refractivity contribution is -0.120. The van der Waals surface area contributed by atoms with E-state index in [1.165, 1.54) is 25.7 Å². The first-order valence-corrected chi connectivity index (χ1v) is 6.58. The van der Waals surface area contributed by atoms with Crippen molar-refractivity contribution in [1.29, 1.82) is 0 Å². The predicted octanol–water partition coefficient (Wildman–Crippen LogP) is 3.68. The molecule has 0 aromatic heterocycles. The van der Waals surface area contributed by atoms with E-state index in [4.69, 9.17) is 0 Å². The molecule has 0 aliphatic carbocycles. The molecule has 0 heterocycles. The summed E-state index contributed by atoms with van der Waals surface area (Å²) < 4.78 is 0. The highest BCUT2D eigenvalue weighted by Crippen LogP contribution is 2.03. The van der Waals surface area contributed by atoms with Crippen molar-refractivity contribution in [2.75, 3.05) is 6.54 Å². The number of hydrogen-bond acceptors (Lipinski definition) is 1. The second-order valence-electron chi connectivity index (χ2n) is 4.72. The van der Waals surface area contributed by atoms with E-state index in [-0.39, 0.29) is 5.91 Å². The molecule has 1 N–H and O–H groups in total. The van der Waals surface area contributed by atoms with E-state index in [1.54, 1.807) is 0 Å². The Morgan fingerprint density at radius 3 is 2.56 bits per heavy atom. The Morgan fingerprint density at radius 2 is 1.94 bits per heavy atom. The minimum atomic E-state index is 0.138. The average Bonchev–Trinajstić information content (AvgIpc) is 2.25. The number of amides is 1. The van der Waals surface area contributed by atoms with E-state index in [1.807, 2.05) is 6.08 Å². The molecule has 0 spiro atoms. The molecule has 2 nitrogen and oxygen atoms in total. The van der Waals surface area contributed by atoms with Gasteiger partial charge in [-0.3, -0.25) is 4.79 Å². The topological polar surface area (TPSA) is 29.1 Å². The molecule has 0 aromatic carbocycles. The molecule has 0 aliphatic heterocycles. The van der Waals surface area contributed by atoms with Crippen molar-refractivity contribution in [1.82, 2.24) is 5.32 Å². The lowest BCUT2D eigenvalue weighted by atomic mass is 10.1. The fraction of sp³-hybridized carbons (Fsp3) is 0.786. The third kappa shape index (κ3) is 11.3. The Bertz CT molecular complexity index is 197. The van der Waals surface area contributed by atoms with Gasteiger partial charge >= 0.3 is 0 Å². The van der Waals surface area contributed by atoms with Crippen molar-refractivity contribution in [3.63, 3.8) is 0 Å². The van der Waals surface area contributed by atoms with Crippen molar-refractivity contribution in [2.45, 2.75) is 59.3 Å². The predicted molar refractivity (Wildman–Crippen MR) is 70.4 cm³/mol. The third-order valence-electron chi connectivity index (χ3n) is 2.40. The molecule has 0 aromatic rings. The van der Waals surface area contributed by atoms with Crippen LogP contribution in [0.1, 0.15) is 59.3 Å². The Balaban J connectivity index is 3.34. The summed E-state index contributed by atoms with van der Waals surface area (Å²) >= 11 is 0. The molecule has 1 amide bonds. The van der Waals surface area contributed by atoms with Crippen LogP contribution in [0.5, 0.6) is 0 Å². The van der Waals surface area contributed by atoms with Gasteiger partial charge in [0, 0.05) is 13.0 Å². The van der Waals surface area contributed by atoms with E-state index >= 15 is 0 Å². The molecule has 0 saturated carbocycles. The van der Waals surface area contributed by atoms with E-state index in [9.17, 15) is 4.79 Å². The van der Waals surface area contributed by atoms with Gasteiger partial charge in [0.15, 0.2) is 0 Å². The first-order chi connectivity index (χ1) is 7.66. The van der Waals surface area contributed by atoms with Gasteiger partial charge in [-0.15, -0.1) is 0 Å². The van der Waals surface area contributed by atoms with Crippen LogP contribution in [0.25, 0.3) is 0 Å². The van der Waals surface area contributed by atoms with E-state index in [0.29, 0.717) is 12.3 Å². The molecule has 0 bridgehead atoms. The molecule has 0 saturated heterocycles. The van der Waals surface area contributed by atoms with Crippen LogP contribution in [0.2, 0.25) is 0 Å². The standard InChI is InChI=1S/C14H27NO/c1-4-5-6-7-8-9-10-11-14(16)15-12-13(2)3/h9-10,13H,4-8,11-12H2,1-3H3,(H,15,16). The van der Waals surface area contributed by atoms with E-state index in [0.717, 1.165) is 13.0 Å². The molecular weight excluding hydrogens is 198 g/mol. The molecule has 0 rings (SSSR count). The number of rotatable bonds is 9. The Kier molecular flexibility index (Phi) is 10.2. The summed E-state index contributed by atoms with van der Waals surface area (Å²) in [5.74, 6) is 0.667. The second-order valence-corrected chi connectivity index (χ2v) is 4.72. The molecule has 0 atom stereocenters. The van der Waals surface area contributed by atoms with Crippen molar-refractivity contribution in [2.24, 2.45) is 5.92 Å². The van der Waals surface area contributed by atoms with Gasteiger partial charge in [0.25, 0.3) is 0 Å². The number of nitrogens with one attached hydrogen (secondary N) is 1. The monoisotopic (exact) mass is 225 g/mol. The first-order valence-electron chi connectivity index (χ1n) is 6.58. The lowest BCUT2D eigenvalue weighted by Gasteiger charge is -2.05. The SMILES string of the molecule is CCCCCCC=CCC(=O)NCC(C)C. The molecule has 0 unspecified atom stereocenters. The minimum Gasteiger partial charge on any atom is -0.356 e. The van der Waals surface area contributed by atoms with Crippen molar-refractivity contribution in [3.05, 3.63) is 12.2 Å². The van der Waals surface area contributed by atoms with Gasteiger partial charge < -0.3 is 5.32 Å². The van der Waals surface area contributed by atoms with Gasteiger partial charge in [-0.05, 0) is 18.8 Å². The summed E-state index contributed by atoms with van der Waals surface area (Å²) in [4.78, 5) is 11.3. The quantitative estimate of drug-likeness (QED) is 0.471. The number of allylic oxidation sites excluding steroid dienone is 1. The molecule has 0 radical (unpaired) electrons. The Hall–Kier alpha value is -0.790. The minimum absolute atomic E-state index is 0.138. The summed E-state index contributed by atoms with van der Waals surface area (Å²) in [5.41, 5.74) is 0. The summed E-state index contributed by atoms with van der Waals surface area (Å²) in [6.07, 6.45) is 10.9. The highest BCUT2D eigenvalue weighted by molar-refractivity contribution is 5.77. The van der Waals surface area contributed by atoms with E-state index in [2.05, 4.69) is 32.2 Å². The van der Waals surface area contributed by atoms with Gasteiger partial charge in [-0.1, -0.05) is 52.2 Å². The van der Waals surface area contributed by atoms with Crippen LogP contribution in [0, 0.1) is 5.92 Å². The van der Waals surface area contributed by atoms with Gasteiger partial charge in [-0.25, -0.2) is 0 Å². The van der Waals surface area contributed by atoms with Crippen LogP contribution in [-0.2, 0) is 4.79 Å². The van der Waals surface area contributed by atoms with Gasteiger partial charge in [0.1, 0.15) is 0 Å². The molecule has 2 heteroatoms. The van der Waals surface area contributed by atoms with Crippen molar-refractivity contribution in [3.8, 4) is 0 Å². The molecule has 94 valence electrons. The van der Waals surface area contributed by atoms with Crippen LogP contribution < -0.4 is 5.32 Å². The van der Waals surface area contributed by atoms with Crippen molar-refractivity contribution >= 4 is 5.91 Å². The summed E-state index contributed by atoms with van der Waals surface area (Å²) in [6, 6.07) is 0.